The first-order chi connectivity index (χ1) is 11.3. The Hall–Kier alpha value is -3.18. The van der Waals surface area contributed by atoms with Crippen molar-refractivity contribution < 1.29 is 22.9 Å². The van der Waals surface area contributed by atoms with Crippen LogP contribution >= 0.6 is 0 Å². The Labute approximate surface area is 132 Å². The van der Waals surface area contributed by atoms with E-state index in [0.717, 1.165) is 0 Å². The molecule has 3 N–H and O–H groups in total. The minimum absolute atomic E-state index is 0.0350. The van der Waals surface area contributed by atoms with Gasteiger partial charge < -0.3 is 5.32 Å². The number of rotatable bonds is 6. The van der Waals surface area contributed by atoms with Gasteiger partial charge in [0, 0.05) is 19.0 Å². The molecule has 0 aliphatic heterocycles. The Bertz CT molecular complexity index is 746. The van der Waals surface area contributed by atoms with E-state index in [1.807, 2.05) is 0 Å². The number of amides is 1. The Morgan fingerprint density at radius 1 is 1.33 bits per heavy atom. The van der Waals surface area contributed by atoms with E-state index in [9.17, 15) is 28.1 Å². The van der Waals surface area contributed by atoms with E-state index in [-0.39, 0.29) is 24.3 Å². The molecule has 0 bridgehead atoms. The van der Waals surface area contributed by atoms with Crippen LogP contribution < -0.4 is 10.6 Å². The van der Waals surface area contributed by atoms with Crippen LogP contribution in [0.2, 0.25) is 0 Å². The maximum Gasteiger partial charge on any atom is 0.451 e. The molecule has 0 aliphatic rings. The summed E-state index contributed by atoms with van der Waals surface area (Å²) in [7, 11) is 0. The molecule has 0 atom stereocenters. The molecule has 1 aromatic heterocycles. The summed E-state index contributed by atoms with van der Waals surface area (Å²) >= 11 is 0. The van der Waals surface area contributed by atoms with E-state index in [1.165, 1.54) is 18.2 Å². The number of benzene rings is 1. The Morgan fingerprint density at radius 3 is 2.67 bits per heavy atom. The van der Waals surface area contributed by atoms with Gasteiger partial charge in [-0.3, -0.25) is 25.3 Å². The van der Waals surface area contributed by atoms with Crippen molar-refractivity contribution in [2.45, 2.75) is 12.6 Å². The number of aromatic nitrogens is 3. The molecule has 0 saturated heterocycles. The number of halogens is 3. The van der Waals surface area contributed by atoms with Gasteiger partial charge in [-0.1, -0.05) is 12.1 Å². The van der Waals surface area contributed by atoms with E-state index in [4.69, 9.17) is 0 Å². The monoisotopic (exact) mass is 344 g/mol. The van der Waals surface area contributed by atoms with Crippen molar-refractivity contribution in [3.63, 3.8) is 0 Å². The fourth-order valence-electron chi connectivity index (χ4n) is 1.72. The standard InChI is InChI=1S/C12H11F3N6O3/c13-12(14,15)10-18-11(20-19-10)17-9(22)5-6-16-7-3-1-2-4-8(7)21(23)24/h1-4,16H,5-6H2,(H2,17,18,19,20,22). The number of hydrogen-bond donors (Lipinski definition) is 3. The second-order valence-corrected chi connectivity index (χ2v) is 4.50. The molecule has 24 heavy (non-hydrogen) atoms. The maximum atomic E-state index is 12.3. The molecule has 1 amide bonds. The highest BCUT2D eigenvalue weighted by Gasteiger charge is 2.35. The van der Waals surface area contributed by atoms with Gasteiger partial charge in [-0.15, -0.1) is 5.10 Å². The fraction of sp³-hybridized carbons (Fsp3) is 0.250. The second-order valence-electron chi connectivity index (χ2n) is 4.50. The summed E-state index contributed by atoms with van der Waals surface area (Å²) in [6, 6.07) is 5.86. The number of nitrogens with zero attached hydrogens (tertiary/aromatic N) is 3. The van der Waals surface area contributed by atoms with Crippen LogP contribution in [0.15, 0.2) is 24.3 Å². The Morgan fingerprint density at radius 2 is 2.04 bits per heavy atom. The second kappa shape index (κ2) is 6.93. The van der Waals surface area contributed by atoms with E-state index in [0.29, 0.717) is 0 Å². The molecule has 9 nitrogen and oxygen atoms in total. The predicted molar refractivity (Wildman–Crippen MR) is 76.2 cm³/mol. The van der Waals surface area contributed by atoms with Crippen molar-refractivity contribution >= 4 is 23.2 Å². The van der Waals surface area contributed by atoms with Gasteiger partial charge in [0.15, 0.2) is 0 Å². The van der Waals surface area contributed by atoms with Crippen LogP contribution in [0.5, 0.6) is 0 Å². The molecule has 1 aromatic carbocycles. The number of nitro benzene ring substituents is 1. The first kappa shape index (κ1) is 17.2. The number of carbonyl (C=O) groups is 1. The molecular weight excluding hydrogens is 333 g/mol. The number of para-hydroxylation sites is 2. The molecule has 0 fully saturated rings. The largest absolute Gasteiger partial charge is 0.451 e. The molecular formula is C12H11F3N6O3. The van der Waals surface area contributed by atoms with Gasteiger partial charge in [-0.25, -0.2) is 0 Å². The van der Waals surface area contributed by atoms with Gasteiger partial charge in [0.1, 0.15) is 5.69 Å². The molecule has 128 valence electrons. The average molecular weight is 344 g/mol. The van der Waals surface area contributed by atoms with Crippen molar-refractivity contribution in [2.24, 2.45) is 0 Å². The minimum atomic E-state index is -4.69. The zero-order valence-corrected chi connectivity index (χ0v) is 11.9. The molecule has 0 saturated carbocycles. The van der Waals surface area contributed by atoms with Gasteiger partial charge in [-0.05, 0) is 6.07 Å². The number of nitro groups is 1. The third-order valence-corrected chi connectivity index (χ3v) is 2.77. The average Bonchev–Trinajstić information content (AvgIpc) is 2.96. The molecule has 2 rings (SSSR count). The van der Waals surface area contributed by atoms with Gasteiger partial charge in [0.2, 0.25) is 17.7 Å². The molecule has 0 radical (unpaired) electrons. The summed E-state index contributed by atoms with van der Waals surface area (Å²) in [4.78, 5) is 25.0. The summed E-state index contributed by atoms with van der Waals surface area (Å²) < 4.78 is 37.0. The van der Waals surface area contributed by atoms with Crippen LogP contribution in [0.25, 0.3) is 0 Å². The number of alkyl halides is 3. The van der Waals surface area contributed by atoms with Crippen molar-refractivity contribution in [3.05, 3.63) is 40.2 Å². The smallest absolute Gasteiger partial charge is 0.379 e. The van der Waals surface area contributed by atoms with Crippen molar-refractivity contribution in [1.82, 2.24) is 15.2 Å². The Kier molecular flexibility index (Phi) is 4.96. The van der Waals surface area contributed by atoms with Crippen LogP contribution in [0.4, 0.5) is 30.5 Å². The van der Waals surface area contributed by atoms with E-state index in [2.05, 4.69) is 20.7 Å². The zero-order chi connectivity index (χ0) is 17.7. The van der Waals surface area contributed by atoms with Crippen LogP contribution in [-0.2, 0) is 11.0 Å². The first-order valence-electron chi connectivity index (χ1n) is 6.54. The fourth-order valence-corrected chi connectivity index (χ4v) is 1.72. The highest BCUT2D eigenvalue weighted by molar-refractivity contribution is 5.89. The van der Waals surface area contributed by atoms with Crippen LogP contribution in [0.1, 0.15) is 12.2 Å². The predicted octanol–water partition coefficient (Wildman–Crippen LogP) is 2.17. The summed E-state index contributed by atoms with van der Waals surface area (Å²) in [6.07, 6.45) is -4.84. The lowest BCUT2D eigenvalue weighted by Gasteiger charge is -2.06. The summed E-state index contributed by atoms with van der Waals surface area (Å²) in [6.45, 7) is 0.0350. The van der Waals surface area contributed by atoms with Gasteiger partial charge in [0.05, 0.1) is 4.92 Å². The van der Waals surface area contributed by atoms with E-state index in [1.54, 1.807) is 11.2 Å². The number of aromatic amines is 1. The Balaban J connectivity index is 1.86. The number of hydrogen-bond acceptors (Lipinski definition) is 6. The molecule has 0 spiro atoms. The third kappa shape index (κ3) is 4.41. The summed E-state index contributed by atoms with van der Waals surface area (Å²) in [5, 5.41) is 20.5. The van der Waals surface area contributed by atoms with Crippen LogP contribution in [0, 0.1) is 10.1 Å². The maximum absolute atomic E-state index is 12.3. The lowest BCUT2D eigenvalue weighted by atomic mass is 10.2. The quantitative estimate of drug-likeness (QED) is 0.545. The molecule has 0 unspecified atom stereocenters. The topological polar surface area (TPSA) is 126 Å². The van der Waals surface area contributed by atoms with Gasteiger partial charge >= 0.3 is 6.18 Å². The van der Waals surface area contributed by atoms with Gasteiger partial charge in [-0.2, -0.15) is 18.2 Å². The molecule has 2 aromatic rings. The lowest BCUT2D eigenvalue weighted by Crippen LogP contribution is -2.17. The van der Waals surface area contributed by atoms with Crippen molar-refractivity contribution in [3.8, 4) is 0 Å². The zero-order valence-electron chi connectivity index (χ0n) is 11.9. The minimum Gasteiger partial charge on any atom is -0.379 e. The SMILES string of the molecule is O=C(CCNc1ccccc1[N+](=O)[O-])Nc1n[nH]c(C(F)(F)F)n1. The number of nitrogens with one attached hydrogen (secondary N) is 3. The van der Waals surface area contributed by atoms with Crippen molar-refractivity contribution in [1.29, 1.82) is 0 Å². The van der Waals surface area contributed by atoms with Crippen molar-refractivity contribution in [2.75, 3.05) is 17.2 Å². The van der Waals surface area contributed by atoms with E-state index < -0.39 is 28.8 Å². The number of carbonyl (C=O) groups excluding carboxylic acids is 1. The first-order valence-corrected chi connectivity index (χ1v) is 6.54. The third-order valence-electron chi connectivity index (χ3n) is 2.77. The lowest BCUT2D eigenvalue weighted by molar-refractivity contribution is -0.384. The van der Waals surface area contributed by atoms with Crippen LogP contribution in [0.3, 0.4) is 0 Å². The summed E-state index contributed by atoms with van der Waals surface area (Å²) in [5.74, 6) is -2.47. The number of H-pyrrole nitrogens is 1. The number of anilines is 2. The molecule has 1 heterocycles. The molecule has 0 aliphatic carbocycles. The molecule has 12 heteroatoms. The highest BCUT2D eigenvalue weighted by atomic mass is 19.4. The normalized spacial score (nSPS) is 11.1. The summed E-state index contributed by atoms with van der Waals surface area (Å²) in [5.41, 5.74) is 0.0780. The van der Waals surface area contributed by atoms with Crippen LogP contribution in [-0.4, -0.2) is 32.6 Å². The highest BCUT2D eigenvalue weighted by Crippen LogP contribution is 2.26. The van der Waals surface area contributed by atoms with E-state index >= 15 is 0 Å². The van der Waals surface area contributed by atoms with Gasteiger partial charge in [0.25, 0.3) is 5.69 Å².